The third-order valence-corrected chi connectivity index (χ3v) is 5.44. The molecule has 0 aliphatic rings. The fourth-order valence-corrected chi connectivity index (χ4v) is 3.73. The molecule has 0 saturated heterocycles. The SMILES string of the molecule is CCc1ccc(C(=O)NC(=S)Nc2ccc3oc(-c4cccc(I)c4)nc3c2)cc1. The summed E-state index contributed by atoms with van der Waals surface area (Å²) in [6, 6.07) is 20.9. The van der Waals surface area contributed by atoms with Gasteiger partial charge in [0.1, 0.15) is 5.52 Å². The fourth-order valence-electron chi connectivity index (χ4n) is 2.98. The van der Waals surface area contributed by atoms with Crippen LogP contribution >= 0.6 is 34.8 Å². The van der Waals surface area contributed by atoms with Gasteiger partial charge in [-0.05, 0) is 95.3 Å². The van der Waals surface area contributed by atoms with Gasteiger partial charge in [-0.2, -0.15) is 0 Å². The van der Waals surface area contributed by atoms with Gasteiger partial charge in [0, 0.05) is 20.4 Å². The smallest absolute Gasteiger partial charge is 0.257 e. The van der Waals surface area contributed by atoms with E-state index in [1.165, 1.54) is 5.56 Å². The third kappa shape index (κ3) is 4.68. The summed E-state index contributed by atoms with van der Waals surface area (Å²) in [5, 5.41) is 5.96. The minimum absolute atomic E-state index is 0.222. The Kier molecular flexibility index (Phi) is 6.10. The molecule has 7 heteroatoms. The Bertz CT molecular complexity index is 1230. The number of aryl methyl sites for hydroxylation is 1. The summed E-state index contributed by atoms with van der Waals surface area (Å²) in [6.07, 6.45) is 0.928. The van der Waals surface area contributed by atoms with E-state index in [2.05, 4.69) is 45.1 Å². The standard InChI is InChI=1S/C23H18IN3O2S/c1-2-14-6-8-15(9-7-14)21(28)27-23(30)25-18-10-11-20-19(13-18)26-22(29-20)16-4-3-5-17(24)12-16/h3-13H,2H2,1H3,(H2,25,27,28,30). The number of rotatable bonds is 4. The molecule has 150 valence electrons. The Morgan fingerprint density at radius 3 is 2.63 bits per heavy atom. The number of halogens is 1. The van der Waals surface area contributed by atoms with Gasteiger partial charge in [0.25, 0.3) is 5.91 Å². The van der Waals surface area contributed by atoms with Crippen LogP contribution in [-0.2, 0) is 6.42 Å². The third-order valence-electron chi connectivity index (χ3n) is 4.57. The van der Waals surface area contributed by atoms with Crippen molar-refractivity contribution in [3.05, 3.63) is 81.4 Å². The highest BCUT2D eigenvalue weighted by atomic mass is 127. The number of anilines is 1. The van der Waals surface area contributed by atoms with Gasteiger partial charge < -0.3 is 9.73 Å². The monoisotopic (exact) mass is 527 g/mol. The number of carbonyl (C=O) groups excluding carboxylic acids is 1. The topological polar surface area (TPSA) is 67.2 Å². The summed E-state index contributed by atoms with van der Waals surface area (Å²) in [4.78, 5) is 17.0. The van der Waals surface area contributed by atoms with Crippen LogP contribution in [0.2, 0.25) is 0 Å². The molecule has 0 atom stereocenters. The van der Waals surface area contributed by atoms with E-state index in [0.29, 0.717) is 22.6 Å². The van der Waals surface area contributed by atoms with Crippen LogP contribution in [0.4, 0.5) is 5.69 Å². The highest BCUT2D eigenvalue weighted by molar-refractivity contribution is 14.1. The highest BCUT2D eigenvalue weighted by Crippen LogP contribution is 2.27. The van der Waals surface area contributed by atoms with Gasteiger partial charge in [0.2, 0.25) is 5.89 Å². The fraction of sp³-hybridized carbons (Fsp3) is 0.0870. The predicted molar refractivity (Wildman–Crippen MR) is 132 cm³/mol. The Balaban J connectivity index is 1.46. The van der Waals surface area contributed by atoms with Gasteiger partial charge in [0.05, 0.1) is 0 Å². The minimum atomic E-state index is -0.251. The first kappa shape index (κ1) is 20.5. The van der Waals surface area contributed by atoms with E-state index in [9.17, 15) is 4.79 Å². The Morgan fingerprint density at radius 1 is 1.10 bits per heavy atom. The molecule has 0 spiro atoms. The van der Waals surface area contributed by atoms with Gasteiger partial charge >= 0.3 is 0 Å². The number of carbonyl (C=O) groups is 1. The molecule has 4 rings (SSSR count). The van der Waals surface area contributed by atoms with Gasteiger partial charge in [-0.1, -0.05) is 25.1 Å². The number of fused-ring (bicyclic) bond motifs is 1. The molecule has 1 amide bonds. The molecular formula is C23H18IN3O2S. The van der Waals surface area contributed by atoms with E-state index in [-0.39, 0.29) is 11.0 Å². The summed E-state index contributed by atoms with van der Waals surface area (Å²) in [5.41, 5.74) is 4.77. The first-order valence-electron chi connectivity index (χ1n) is 9.39. The summed E-state index contributed by atoms with van der Waals surface area (Å²) < 4.78 is 6.98. The largest absolute Gasteiger partial charge is 0.436 e. The van der Waals surface area contributed by atoms with Crippen LogP contribution in [0, 0.1) is 3.57 Å². The molecule has 0 fully saturated rings. The van der Waals surface area contributed by atoms with Crippen molar-refractivity contribution >= 4 is 62.6 Å². The van der Waals surface area contributed by atoms with E-state index in [0.717, 1.165) is 21.2 Å². The van der Waals surface area contributed by atoms with Crippen LogP contribution in [0.25, 0.3) is 22.6 Å². The lowest BCUT2D eigenvalue weighted by Crippen LogP contribution is -2.34. The maximum absolute atomic E-state index is 12.4. The lowest BCUT2D eigenvalue weighted by Gasteiger charge is -2.09. The maximum Gasteiger partial charge on any atom is 0.257 e. The maximum atomic E-state index is 12.4. The molecule has 1 heterocycles. The Labute approximate surface area is 193 Å². The summed E-state index contributed by atoms with van der Waals surface area (Å²) in [7, 11) is 0. The van der Waals surface area contributed by atoms with Crippen LogP contribution in [0.5, 0.6) is 0 Å². The lowest BCUT2D eigenvalue weighted by molar-refractivity contribution is 0.0977. The molecule has 2 N–H and O–H groups in total. The molecule has 0 bridgehead atoms. The second-order valence-electron chi connectivity index (χ2n) is 6.67. The average Bonchev–Trinajstić information content (AvgIpc) is 3.17. The first-order valence-corrected chi connectivity index (χ1v) is 10.9. The molecule has 4 aromatic rings. The van der Waals surface area contributed by atoms with Gasteiger partial charge in [-0.25, -0.2) is 4.98 Å². The number of amides is 1. The van der Waals surface area contributed by atoms with Crippen molar-refractivity contribution in [3.63, 3.8) is 0 Å². The average molecular weight is 527 g/mol. The number of aromatic nitrogens is 1. The van der Waals surface area contributed by atoms with Gasteiger partial charge in [-0.3, -0.25) is 10.1 Å². The molecule has 0 saturated carbocycles. The van der Waals surface area contributed by atoms with Crippen LogP contribution in [-0.4, -0.2) is 16.0 Å². The zero-order valence-electron chi connectivity index (χ0n) is 16.1. The Morgan fingerprint density at radius 2 is 1.90 bits per heavy atom. The predicted octanol–water partition coefficient (Wildman–Crippen LogP) is 5.79. The summed E-state index contributed by atoms with van der Waals surface area (Å²) >= 11 is 7.55. The molecule has 0 radical (unpaired) electrons. The number of benzene rings is 3. The number of nitrogens with one attached hydrogen (secondary N) is 2. The van der Waals surface area contributed by atoms with Crippen molar-refractivity contribution in [2.75, 3.05) is 5.32 Å². The molecule has 0 aliphatic heterocycles. The molecule has 1 aromatic heterocycles. The lowest BCUT2D eigenvalue weighted by atomic mass is 10.1. The molecular weight excluding hydrogens is 509 g/mol. The van der Waals surface area contributed by atoms with Crippen LogP contribution < -0.4 is 10.6 Å². The van der Waals surface area contributed by atoms with Crippen LogP contribution in [0.15, 0.2) is 71.1 Å². The van der Waals surface area contributed by atoms with Crippen LogP contribution in [0.3, 0.4) is 0 Å². The van der Waals surface area contributed by atoms with E-state index in [1.54, 1.807) is 12.1 Å². The number of thiocarbonyl (C=S) groups is 1. The minimum Gasteiger partial charge on any atom is -0.436 e. The number of hydrogen-bond donors (Lipinski definition) is 2. The van der Waals surface area contributed by atoms with Crippen LogP contribution in [0.1, 0.15) is 22.8 Å². The molecule has 30 heavy (non-hydrogen) atoms. The van der Waals surface area contributed by atoms with E-state index < -0.39 is 0 Å². The second-order valence-corrected chi connectivity index (χ2v) is 8.32. The quantitative estimate of drug-likeness (QED) is 0.260. The first-order chi connectivity index (χ1) is 14.5. The Hall–Kier alpha value is -2.78. The van der Waals surface area contributed by atoms with Gasteiger partial charge in [-0.15, -0.1) is 0 Å². The van der Waals surface area contributed by atoms with Crippen molar-refractivity contribution in [1.29, 1.82) is 0 Å². The van der Waals surface area contributed by atoms with Crippen molar-refractivity contribution in [3.8, 4) is 11.5 Å². The van der Waals surface area contributed by atoms with Crippen molar-refractivity contribution in [1.82, 2.24) is 10.3 Å². The van der Waals surface area contributed by atoms with E-state index >= 15 is 0 Å². The highest BCUT2D eigenvalue weighted by Gasteiger charge is 2.11. The zero-order valence-corrected chi connectivity index (χ0v) is 19.1. The summed E-state index contributed by atoms with van der Waals surface area (Å²) in [5.74, 6) is 0.311. The molecule has 3 aromatic carbocycles. The van der Waals surface area contributed by atoms with Crippen molar-refractivity contribution in [2.45, 2.75) is 13.3 Å². The summed E-state index contributed by atoms with van der Waals surface area (Å²) in [6.45, 7) is 2.07. The molecule has 5 nitrogen and oxygen atoms in total. The normalized spacial score (nSPS) is 10.7. The number of nitrogens with zero attached hydrogens (tertiary/aromatic N) is 1. The van der Waals surface area contributed by atoms with Gasteiger partial charge in [0.15, 0.2) is 10.7 Å². The number of hydrogen-bond acceptors (Lipinski definition) is 4. The number of oxazole rings is 1. The zero-order chi connectivity index (χ0) is 21.1. The van der Waals surface area contributed by atoms with Crippen molar-refractivity contribution in [2.24, 2.45) is 0 Å². The molecule has 0 unspecified atom stereocenters. The van der Waals surface area contributed by atoms with E-state index in [4.69, 9.17) is 16.6 Å². The molecule has 0 aliphatic carbocycles. The van der Waals surface area contributed by atoms with Crippen molar-refractivity contribution < 1.29 is 9.21 Å². The second kappa shape index (κ2) is 8.93. The van der Waals surface area contributed by atoms with E-state index in [1.807, 2.05) is 54.6 Å².